The van der Waals surface area contributed by atoms with Crippen LogP contribution >= 0.6 is 0 Å². The number of hydrogen-bond acceptors (Lipinski definition) is 2. The predicted molar refractivity (Wildman–Crippen MR) is 99.6 cm³/mol. The van der Waals surface area contributed by atoms with Gasteiger partial charge in [0.1, 0.15) is 5.83 Å². The number of nitrogens with zero attached hydrogens (tertiary/aromatic N) is 1. The van der Waals surface area contributed by atoms with Gasteiger partial charge >= 0.3 is 0 Å². The van der Waals surface area contributed by atoms with Crippen LogP contribution in [-0.4, -0.2) is 10.7 Å². The second-order valence-corrected chi connectivity index (χ2v) is 5.69. The first-order valence-corrected chi connectivity index (χ1v) is 8.11. The first-order chi connectivity index (χ1) is 11.4. The Balaban J connectivity index is 3.69. The van der Waals surface area contributed by atoms with Crippen molar-refractivity contribution in [2.24, 2.45) is 5.92 Å². The number of rotatable bonds is 7. The van der Waals surface area contributed by atoms with Crippen LogP contribution in [0.1, 0.15) is 34.1 Å². The van der Waals surface area contributed by atoms with Gasteiger partial charge in [-0.1, -0.05) is 51.3 Å². The van der Waals surface area contributed by atoms with Gasteiger partial charge in [-0.3, -0.25) is 4.79 Å². The van der Waals surface area contributed by atoms with Gasteiger partial charge in [0.2, 0.25) is 0 Å². The highest BCUT2D eigenvalue weighted by Crippen LogP contribution is 2.33. The van der Waals surface area contributed by atoms with E-state index in [1.165, 1.54) is 19.1 Å². The summed E-state index contributed by atoms with van der Waals surface area (Å²) in [5, 5.41) is 0. The summed E-state index contributed by atoms with van der Waals surface area (Å²) in [4.78, 5) is 14.1. The zero-order valence-electron chi connectivity index (χ0n) is 15.0. The molecule has 1 atom stereocenters. The summed E-state index contributed by atoms with van der Waals surface area (Å²) in [6.45, 7) is 15.3. The van der Waals surface area contributed by atoms with Gasteiger partial charge in [0, 0.05) is 18.8 Å². The van der Waals surface area contributed by atoms with Crippen molar-refractivity contribution in [1.29, 1.82) is 0 Å². The Bertz CT molecular complexity index is 674. The molecule has 0 amide bonds. The molecule has 0 bridgehead atoms. The molecule has 1 aliphatic heterocycles. The highest BCUT2D eigenvalue weighted by atomic mass is 19.1. The van der Waals surface area contributed by atoms with E-state index < -0.39 is 0 Å². The molecule has 0 aromatic rings. The third kappa shape index (κ3) is 4.54. The standard InChI is InChI=1S/C21H26FNO/c1-7-10-18(11-8-2)20(15(4)9-3)21(17(6)24)23-13-12-19(22)14-16(23)5/h7-8,10-15H,1,5,9H2,2-4,6H3/b11-8-,18-10+,21-20+. The van der Waals surface area contributed by atoms with E-state index >= 15 is 0 Å². The van der Waals surface area contributed by atoms with Crippen LogP contribution < -0.4 is 0 Å². The average Bonchev–Trinajstić information content (AvgIpc) is 2.52. The fourth-order valence-corrected chi connectivity index (χ4v) is 2.63. The molecule has 128 valence electrons. The summed E-state index contributed by atoms with van der Waals surface area (Å²) in [5.74, 6) is -0.325. The minimum Gasteiger partial charge on any atom is -0.314 e. The molecule has 1 rings (SSSR count). The van der Waals surface area contributed by atoms with E-state index in [-0.39, 0.29) is 17.5 Å². The third-order valence-corrected chi connectivity index (χ3v) is 3.89. The second kappa shape index (κ2) is 9.02. The molecule has 0 radical (unpaired) electrons. The Labute approximate surface area is 144 Å². The number of halogens is 1. The normalized spacial score (nSPS) is 17.7. The summed E-state index contributed by atoms with van der Waals surface area (Å²) >= 11 is 0. The van der Waals surface area contributed by atoms with Gasteiger partial charge in [0.05, 0.1) is 5.70 Å². The van der Waals surface area contributed by atoms with Gasteiger partial charge in [-0.15, -0.1) is 0 Å². The SMILES string of the molecule is C=C/C=C(\C=C/C)C(=C(\C(C)=O)N1C=CC(F)=CC1=C)/C(C)CC. The zero-order chi connectivity index (χ0) is 18.3. The van der Waals surface area contributed by atoms with Crippen molar-refractivity contribution in [1.82, 2.24) is 4.90 Å². The number of ketones is 1. The summed E-state index contributed by atoms with van der Waals surface area (Å²) in [5.41, 5.74) is 2.77. The Morgan fingerprint density at radius 3 is 2.58 bits per heavy atom. The number of carbonyl (C=O) groups is 1. The lowest BCUT2D eigenvalue weighted by molar-refractivity contribution is -0.114. The molecule has 0 aromatic carbocycles. The van der Waals surface area contributed by atoms with Crippen LogP contribution in [0.15, 0.2) is 84.2 Å². The number of allylic oxidation sites excluding steroid dienone is 10. The van der Waals surface area contributed by atoms with E-state index in [0.717, 1.165) is 17.6 Å². The highest BCUT2D eigenvalue weighted by molar-refractivity contribution is 5.95. The molecular weight excluding hydrogens is 301 g/mol. The molecule has 0 fully saturated rings. The van der Waals surface area contributed by atoms with E-state index in [2.05, 4.69) is 27.0 Å². The lowest BCUT2D eigenvalue weighted by Crippen LogP contribution is -2.25. The van der Waals surface area contributed by atoms with E-state index in [1.54, 1.807) is 17.2 Å². The minimum atomic E-state index is -0.375. The van der Waals surface area contributed by atoms with Gasteiger partial charge in [0.15, 0.2) is 5.78 Å². The van der Waals surface area contributed by atoms with Crippen molar-refractivity contribution < 1.29 is 9.18 Å². The van der Waals surface area contributed by atoms with Gasteiger partial charge in [0.25, 0.3) is 0 Å². The topological polar surface area (TPSA) is 20.3 Å². The quantitative estimate of drug-likeness (QED) is 0.437. The van der Waals surface area contributed by atoms with E-state index in [1.807, 2.05) is 25.2 Å². The first-order valence-electron chi connectivity index (χ1n) is 8.11. The lowest BCUT2D eigenvalue weighted by Gasteiger charge is -2.30. The lowest BCUT2D eigenvalue weighted by atomic mass is 9.87. The number of carbonyl (C=O) groups excluding carboxylic acids is 1. The van der Waals surface area contributed by atoms with E-state index in [9.17, 15) is 9.18 Å². The van der Waals surface area contributed by atoms with Crippen molar-refractivity contribution in [2.75, 3.05) is 0 Å². The third-order valence-electron chi connectivity index (χ3n) is 3.89. The maximum atomic E-state index is 13.4. The van der Waals surface area contributed by atoms with Crippen molar-refractivity contribution >= 4 is 5.78 Å². The van der Waals surface area contributed by atoms with Gasteiger partial charge in [-0.2, -0.15) is 0 Å². The fraction of sp³-hybridized carbons (Fsp3) is 0.286. The maximum Gasteiger partial charge on any atom is 0.176 e. The maximum absolute atomic E-state index is 13.4. The predicted octanol–water partition coefficient (Wildman–Crippen LogP) is 5.76. The first kappa shape index (κ1) is 19.6. The highest BCUT2D eigenvalue weighted by Gasteiger charge is 2.25. The van der Waals surface area contributed by atoms with Gasteiger partial charge in [-0.05, 0) is 42.6 Å². The van der Waals surface area contributed by atoms with Crippen molar-refractivity contribution in [2.45, 2.75) is 34.1 Å². The number of Topliss-reactive ketones (excluding diaryl/α,β-unsaturated/α-hetero) is 1. The smallest absolute Gasteiger partial charge is 0.176 e. The molecule has 0 N–H and O–H groups in total. The van der Waals surface area contributed by atoms with Crippen molar-refractivity contribution in [3.05, 3.63) is 84.2 Å². The molecule has 2 nitrogen and oxygen atoms in total. The van der Waals surface area contributed by atoms with Gasteiger partial charge in [-0.25, -0.2) is 4.39 Å². The van der Waals surface area contributed by atoms with Crippen LogP contribution in [0.2, 0.25) is 0 Å². The fourth-order valence-electron chi connectivity index (χ4n) is 2.63. The Morgan fingerprint density at radius 1 is 1.46 bits per heavy atom. The molecule has 0 spiro atoms. The molecule has 1 aliphatic rings. The minimum absolute atomic E-state index is 0.0914. The Kier molecular flexibility index (Phi) is 7.37. The zero-order valence-corrected chi connectivity index (χ0v) is 15.0. The van der Waals surface area contributed by atoms with Crippen LogP contribution in [-0.2, 0) is 4.79 Å². The molecule has 0 aromatic heterocycles. The summed E-state index contributed by atoms with van der Waals surface area (Å²) in [6.07, 6.45) is 12.6. The molecule has 0 saturated carbocycles. The van der Waals surface area contributed by atoms with Crippen molar-refractivity contribution in [3.63, 3.8) is 0 Å². The largest absolute Gasteiger partial charge is 0.314 e. The molecular formula is C21H26FNO. The second-order valence-electron chi connectivity index (χ2n) is 5.69. The summed E-state index contributed by atoms with van der Waals surface area (Å²) < 4.78 is 13.4. The summed E-state index contributed by atoms with van der Waals surface area (Å²) in [6, 6.07) is 0. The van der Waals surface area contributed by atoms with Crippen LogP contribution in [0, 0.1) is 5.92 Å². The monoisotopic (exact) mass is 327 g/mol. The molecule has 1 heterocycles. The molecule has 0 aliphatic carbocycles. The van der Waals surface area contributed by atoms with E-state index in [4.69, 9.17) is 0 Å². The molecule has 0 saturated heterocycles. The van der Waals surface area contributed by atoms with Crippen LogP contribution in [0.4, 0.5) is 4.39 Å². The van der Waals surface area contributed by atoms with Crippen LogP contribution in [0.5, 0.6) is 0 Å². The van der Waals surface area contributed by atoms with Crippen LogP contribution in [0.25, 0.3) is 0 Å². The van der Waals surface area contributed by atoms with E-state index in [0.29, 0.717) is 11.4 Å². The van der Waals surface area contributed by atoms with Crippen LogP contribution in [0.3, 0.4) is 0 Å². The number of hydrogen-bond donors (Lipinski definition) is 0. The molecule has 3 heteroatoms. The Hall–Kier alpha value is -2.42. The van der Waals surface area contributed by atoms with Gasteiger partial charge < -0.3 is 4.90 Å². The average molecular weight is 327 g/mol. The summed E-state index contributed by atoms with van der Waals surface area (Å²) in [7, 11) is 0. The van der Waals surface area contributed by atoms with Crippen molar-refractivity contribution in [3.8, 4) is 0 Å². The molecule has 1 unspecified atom stereocenters. The molecule has 24 heavy (non-hydrogen) atoms. The Morgan fingerprint density at radius 2 is 2.12 bits per heavy atom.